The van der Waals surface area contributed by atoms with Crippen LogP contribution in [0.2, 0.25) is 0 Å². The molecule has 2 aliphatic rings. The predicted octanol–water partition coefficient (Wildman–Crippen LogP) is 6.61. The SMILES string of the molecule is COC(=O)c1c(-c2ccc(C)cc2)csc1NC(=O)[C@H]1[C@@H](C(=O)O)[C@]2(Cl)C(Cl)=C(Cl)[C@]1(Cl)C2(Cl)Cl. The largest absolute Gasteiger partial charge is 0.481 e. The summed E-state index contributed by atoms with van der Waals surface area (Å²) in [5.41, 5.74) is 2.32. The number of benzene rings is 1. The van der Waals surface area contributed by atoms with E-state index >= 15 is 0 Å². The normalized spacial score (nSPS) is 28.8. The van der Waals surface area contributed by atoms with E-state index in [0.29, 0.717) is 11.1 Å². The number of carboxylic acid groups (broad SMARTS) is 1. The van der Waals surface area contributed by atoms with Crippen LogP contribution in [0.4, 0.5) is 5.00 Å². The molecule has 6 nitrogen and oxygen atoms in total. The van der Waals surface area contributed by atoms with Gasteiger partial charge in [0.2, 0.25) is 5.91 Å². The van der Waals surface area contributed by atoms with Gasteiger partial charge >= 0.3 is 11.9 Å². The molecule has 1 fully saturated rings. The van der Waals surface area contributed by atoms with E-state index in [-0.39, 0.29) is 20.6 Å². The van der Waals surface area contributed by atoms with Crippen LogP contribution in [0.3, 0.4) is 0 Å². The van der Waals surface area contributed by atoms with Gasteiger partial charge in [-0.05, 0) is 12.5 Å². The van der Waals surface area contributed by atoms with Crippen LogP contribution in [0.15, 0.2) is 39.7 Å². The maximum atomic E-state index is 13.6. The minimum Gasteiger partial charge on any atom is -0.481 e. The fraction of sp³-hybridized carbons (Fsp3) is 0.318. The Morgan fingerprint density at radius 1 is 1.00 bits per heavy atom. The van der Waals surface area contributed by atoms with Gasteiger partial charge in [0.25, 0.3) is 0 Å². The minimum atomic E-state index is -2.24. The third kappa shape index (κ3) is 3.54. The van der Waals surface area contributed by atoms with E-state index in [9.17, 15) is 19.5 Å². The van der Waals surface area contributed by atoms with E-state index in [1.807, 2.05) is 31.2 Å². The topological polar surface area (TPSA) is 92.7 Å². The van der Waals surface area contributed by atoms with Crippen LogP contribution in [0.5, 0.6) is 0 Å². The summed E-state index contributed by atoms with van der Waals surface area (Å²) in [5, 5.41) is 13.6. The van der Waals surface area contributed by atoms with Crippen LogP contribution in [-0.2, 0) is 14.3 Å². The van der Waals surface area contributed by atoms with E-state index in [1.54, 1.807) is 5.38 Å². The standard InChI is InChI=1S/C22H15Cl6NO5S/c1-8-3-5-9(6-4-8)10-7-35-17(11(10)19(33)34-2)29-16(30)12-13(18(31)32)21(26)15(24)14(23)20(12,25)22(21,27)28/h3-7,12-13H,1-2H3,(H,29,30)(H,31,32)/t12-,13+,20+,21+/m1/s1. The van der Waals surface area contributed by atoms with Gasteiger partial charge in [0.15, 0.2) is 4.33 Å². The van der Waals surface area contributed by atoms with Gasteiger partial charge in [0.1, 0.15) is 20.3 Å². The Morgan fingerprint density at radius 3 is 2.06 bits per heavy atom. The van der Waals surface area contributed by atoms with Gasteiger partial charge in [-0.25, -0.2) is 4.79 Å². The van der Waals surface area contributed by atoms with E-state index in [4.69, 9.17) is 74.3 Å². The first-order chi connectivity index (χ1) is 16.2. The number of aryl methyl sites for hydroxylation is 1. The molecule has 0 aliphatic heterocycles. The van der Waals surface area contributed by atoms with Crippen molar-refractivity contribution >= 4 is 104 Å². The van der Waals surface area contributed by atoms with Crippen LogP contribution in [0.1, 0.15) is 15.9 Å². The molecule has 186 valence electrons. The summed E-state index contributed by atoms with van der Waals surface area (Å²) in [4.78, 5) is 34.2. The summed E-state index contributed by atoms with van der Waals surface area (Å²) in [6.07, 6.45) is 0. The first-order valence-corrected chi connectivity index (χ1v) is 13.0. The number of allylic oxidation sites excluding steroid dienone is 2. The number of nitrogens with one attached hydrogen (secondary N) is 1. The Kier molecular flexibility index (Phi) is 6.89. The Bertz CT molecular complexity index is 1290. The van der Waals surface area contributed by atoms with Gasteiger partial charge in [-0.2, -0.15) is 0 Å². The molecule has 0 radical (unpaired) electrons. The van der Waals surface area contributed by atoms with Crippen molar-refractivity contribution in [3.8, 4) is 11.1 Å². The van der Waals surface area contributed by atoms with Crippen molar-refractivity contribution in [1.29, 1.82) is 0 Å². The number of ether oxygens (including phenoxy) is 1. The summed E-state index contributed by atoms with van der Waals surface area (Å²) >= 11 is 39.8. The number of esters is 1. The molecule has 2 aliphatic carbocycles. The lowest BCUT2D eigenvalue weighted by molar-refractivity contribution is -0.146. The number of hydrogen-bond acceptors (Lipinski definition) is 5. The van der Waals surface area contributed by atoms with Crippen molar-refractivity contribution in [2.75, 3.05) is 12.4 Å². The number of carbonyl (C=O) groups is 3. The fourth-order valence-electron chi connectivity index (χ4n) is 4.52. The molecule has 0 saturated heterocycles. The number of amides is 1. The number of thiophene rings is 1. The Labute approximate surface area is 234 Å². The highest BCUT2D eigenvalue weighted by Crippen LogP contribution is 2.76. The predicted molar refractivity (Wildman–Crippen MR) is 139 cm³/mol. The summed E-state index contributed by atoms with van der Waals surface area (Å²) in [7, 11) is 1.20. The van der Waals surface area contributed by atoms with Crippen molar-refractivity contribution in [2.24, 2.45) is 11.8 Å². The molecule has 1 amide bonds. The second kappa shape index (κ2) is 8.98. The molecule has 1 aromatic heterocycles. The van der Waals surface area contributed by atoms with Crippen molar-refractivity contribution in [1.82, 2.24) is 0 Å². The van der Waals surface area contributed by atoms with Gasteiger partial charge in [-0.15, -0.1) is 34.5 Å². The molecule has 2 aromatic rings. The van der Waals surface area contributed by atoms with E-state index in [1.165, 1.54) is 7.11 Å². The maximum Gasteiger partial charge on any atom is 0.341 e. The molecule has 35 heavy (non-hydrogen) atoms. The van der Waals surface area contributed by atoms with Gasteiger partial charge in [-0.1, -0.05) is 76.2 Å². The zero-order valence-corrected chi connectivity index (χ0v) is 23.1. The molecule has 4 atom stereocenters. The molecule has 13 heteroatoms. The van der Waals surface area contributed by atoms with Crippen LogP contribution in [-0.4, -0.2) is 44.1 Å². The molecule has 2 bridgehead atoms. The van der Waals surface area contributed by atoms with E-state index < -0.39 is 43.8 Å². The molecule has 0 unspecified atom stereocenters. The molecule has 4 rings (SSSR count). The van der Waals surface area contributed by atoms with Crippen molar-refractivity contribution < 1.29 is 24.2 Å². The lowest BCUT2D eigenvalue weighted by Crippen LogP contribution is -2.47. The van der Waals surface area contributed by atoms with E-state index in [0.717, 1.165) is 16.9 Å². The molecular weight excluding hydrogens is 603 g/mol. The van der Waals surface area contributed by atoms with Crippen molar-refractivity contribution in [2.45, 2.75) is 21.0 Å². The highest BCUT2D eigenvalue weighted by atomic mass is 35.5. The summed E-state index contributed by atoms with van der Waals surface area (Å²) in [6, 6.07) is 7.38. The number of alkyl halides is 4. The van der Waals surface area contributed by atoms with Gasteiger partial charge in [-0.3, -0.25) is 9.59 Å². The maximum absolute atomic E-state index is 13.6. The monoisotopic (exact) mass is 615 g/mol. The average molecular weight is 618 g/mol. The number of rotatable bonds is 5. The zero-order valence-electron chi connectivity index (χ0n) is 17.8. The van der Waals surface area contributed by atoms with Crippen molar-refractivity contribution in [3.05, 3.63) is 50.8 Å². The minimum absolute atomic E-state index is 0.0802. The molecule has 2 N–H and O–H groups in total. The van der Waals surface area contributed by atoms with E-state index in [2.05, 4.69) is 5.32 Å². The Morgan fingerprint density at radius 2 is 1.54 bits per heavy atom. The van der Waals surface area contributed by atoms with Gasteiger partial charge < -0.3 is 15.2 Å². The third-order valence-electron chi connectivity index (χ3n) is 6.26. The lowest BCUT2D eigenvalue weighted by Gasteiger charge is -2.33. The van der Waals surface area contributed by atoms with Gasteiger partial charge in [0, 0.05) is 10.9 Å². The third-order valence-corrected chi connectivity index (χ3v) is 11.4. The lowest BCUT2D eigenvalue weighted by atomic mass is 9.81. The second-order valence-corrected chi connectivity index (χ2v) is 12.3. The molecular formula is C22H15Cl6NO5S. The number of halogens is 6. The highest BCUT2D eigenvalue weighted by molar-refractivity contribution is 7.15. The summed E-state index contributed by atoms with van der Waals surface area (Å²) < 4.78 is 2.68. The number of hydrogen-bond donors (Lipinski definition) is 2. The smallest absolute Gasteiger partial charge is 0.341 e. The van der Waals surface area contributed by atoms with Crippen LogP contribution >= 0.6 is 80.9 Å². The molecule has 0 spiro atoms. The summed E-state index contributed by atoms with van der Waals surface area (Å²) in [6.45, 7) is 1.92. The second-order valence-electron chi connectivity index (χ2n) is 8.12. The Balaban J connectivity index is 1.80. The number of anilines is 1. The number of carbonyl (C=O) groups excluding carboxylic acids is 2. The average Bonchev–Trinajstić information content (AvgIpc) is 3.30. The number of methoxy groups -OCH3 is 1. The van der Waals surface area contributed by atoms with Crippen LogP contribution < -0.4 is 5.32 Å². The first kappa shape index (κ1) is 26.9. The number of carboxylic acids is 1. The fourth-order valence-corrected chi connectivity index (χ4v) is 8.41. The van der Waals surface area contributed by atoms with Gasteiger partial charge in [0.05, 0.1) is 29.0 Å². The summed E-state index contributed by atoms with van der Waals surface area (Å²) in [5.74, 6) is -6.50. The van der Waals surface area contributed by atoms with Crippen LogP contribution in [0.25, 0.3) is 11.1 Å². The molecule has 1 aromatic carbocycles. The molecule has 1 saturated carbocycles. The highest BCUT2D eigenvalue weighted by Gasteiger charge is 2.85. The number of aliphatic carboxylic acids is 1. The molecule has 1 heterocycles. The number of fused-ring (bicyclic) bond motifs is 2. The quantitative estimate of drug-likeness (QED) is 0.291. The first-order valence-electron chi connectivity index (χ1n) is 9.87. The Hall–Kier alpha value is -1.19. The van der Waals surface area contributed by atoms with Crippen molar-refractivity contribution in [3.63, 3.8) is 0 Å². The van der Waals surface area contributed by atoms with Crippen LogP contribution in [0, 0.1) is 18.8 Å². The zero-order chi connectivity index (χ0) is 26.1.